The second-order valence-electron chi connectivity index (χ2n) is 3.61. The molecule has 0 aliphatic heterocycles. The normalized spacial score (nSPS) is 14.2. The second kappa shape index (κ2) is 5.94. The summed E-state index contributed by atoms with van der Waals surface area (Å²) in [5.74, 6) is -1.83. The van der Waals surface area contributed by atoms with E-state index in [0.29, 0.717) is 6.07 Å². The molecular weight excluding hydrogens is 269 g/mol. The van der Waals surface area contributed by atoms with Gasteiger partial charge in [-0.1, -0.05) is 0 Å². The SMILES string of the molecule is O=[N+]([O-])c1cc(F)cc(C(O)C(O)CCCl)c1O. The van der Waals surface area contributed by atoms with Gasteiger partial charge in [-0.3, -0.25) is 10.1 Å². The number of nitrogens with zero attached hydrogens (tertiary/aromatic N) is 1. The summed E-state index contributed by atoms with van der Waals surface area (Å²) in [7, 11) is 0. The van der Waals surface area contributed by atoms with Crippen molar-refractivity contribution in [1.29, 1.82) is 0 Å². The first kappa shape index (κ1) is 14.6. The first-order valence-electron chi connectivity index (χ1n) is 4.97. The number of benzene rings is 1. The van der Waals surface area contributed by atoms with Crippen molar-refractivity contribution in [3.05, 3.63) is 33.6 Å². The van der Waals surface area contributed by atoms with Crippen LogP contribution in [0, 0.1) is 15.9 Å². The number of hydrogen-bond donors (Lipinski definition) is 3. The number of alkyl halides is 1. The summed E-state index contributed by atoms with van der Waals surface area (Å²) >= 11 is 5.36. The van der Waals surface area contributed by atoms with Crippen LogP contribution in [0.4, 0.5) is 10.1 Å². The van der Waals surface area contributed by atoms with Gasteiger partial charge in [0.15, 0.2) is 0 Å². The molecule has 0 amide bonds. The van der Waals surface area contributed by atoms with Crippen LogP contribution in [-0.2, 0) is 0 Å². The Balaban J connectivity index is 3.19. The van der Waals surface area contributed by atoms with Crippen LogP contribution in [0.3, 0.4) is 0 Å². The number of phenolic OH excluding ortho intramolecular Hbond substituents is 1. The number of aromatic hydroxyl groups is 1. The van der Waals surface area contributed by atoms with Gasteiger partial charge in [-0.25, -0.2) is 4.39 Å². The van der Waals surface area contributed by atoms with Gasteiger partial charge in [0.05, 0.1) is 17.1 Å². The molecule has 0 heterocycles. The number of aliphatic hydroxyl groups is 2. The van der Waals surface area contributed by atoms with Crippen LogP contribution in [0.15, 0.2) is 12.1 Å². The van der Waals surface area contributed by atoms with E-state index in [2.05, 4.69) is 0 Å². The Morgan fingerprint density at radius 1 is 1.44 bits per heavy atom. The van der Waals surface area contributed by atoms with Gasteiger partial charge in [0.2, 0.25) is 5.75 Å². The molecule has 0 aliphatic rings. The van der Waals surface area contributed by atoms with Crippen LogP contribution in [0.25, 0.3) is 0 Å². The van der Waals surface area contributed by atoms with E-state index in [1.807, 2.05) is 0 Å². The Hall–Kier alpha value is -1.44. The number of nitro groups is 1. The maximum absolute atomic E-state index is 13.1. The largest absolute Gasteiger partial charge is 0.502 e. The highest BCUT2D eigenvalue weighted by Gasteiger charge is 2.27. The Morgan fingerprint density at radius 3 is 2.56 bits per heavy atom. The zero-order chi connectivity index (χ0) is 13.9. The molecule has 0 fully saturated rings. The zero-order valence-electron chi connectivity index (χ0n) is 9.08. The lowest BCUT2D eigenvalue weighted by molar-refractivity contribution is -0.386. The van der Waals surface area contributed by atoms with Gasteiger partial charge in [0.25, 0.3) is 0 Å². The van der Waals surface area contributed by atoms with E-state index in [-0.39, 0.29) is 12.3 Å². The van der Waals surface area contributed by atoms with Gasteiger partial charge in [-0.15, -0.1) is 11.6 Å². The summed E-state index contributed by atoms with van der Waals surface area (Å²) < 4.78 is 13.1. The van der Waals surface area contributed by atoms with Gasteiger partial charge in [0.1, 0.15) is 11.9 Å². The summed E-state index contributed by atoms with van der Waals surface area (Å²) in [4.78, 5) is 9.57. The Kier molecular flexibility index (Phi) is 4.83. The van der Waals surface area contributed by atoms with Crippen LogP contribution in [0.5, 0.6) is 5.75 Å². The van der Waals surface area contributed by atoms with E-state index in [0.717, 1.165) is 6.07 Å². The molecule has 6 nitrogen and oxygen atoms in total. The number of hydrogen-bond acceptors (Lipinski definition) is 5. The smallest absolute Gasteiger partial charge is 0.314 e. The zero-order valence-corrected chi connectivity index (χ0v) is 9.84. The predicted molar refractivity (Wildman–Crippen MR) is 61.0 cm³/mol. The Morgan fingerprint density at radius 2 is 2.06 bits per heavy atom. The molecule has 100 valence electrons. The first-order chi connectivity index (χ1) is 8.38. The molecule has 0 bridgehead atoms. The van der Waals surface area contributed by atoms with E-state index in [4.69, 9.17) is 11.6 Å². The fourth-order valence-electron chi connectivity index (χ4n) is 1.45. The lowest BCUT2D eigenvalue weighted by Crippen LogP contribution is -2.19. The number of halogens is 2. The van der Waals surface area contributed by atoms with Gasteiger partial charge in [0, 0.05) is 11.4 Å². The highest BCUT2D eigenvalue weighted by atomic mass is 35.5. The Labute approximate surface area is 106 Å². The third-order valence-electron chi connectivity index (χ3n) is 2.37. The van der Waals surface area contributed by atoms with Gasteiger partial charge < -0.3 is 15.3 Å². The molecule has 0 aliphatic carbocycles. The maximum Gasteiger partial charge on any atom is 0.314 e. The minimum absolute atomic E-state index is 0.00747. The van der Waals surface area contributed by atoms with Crippen LogP contribution in [0.1, 0.15) is 18.1 Å². The van der Waals surface area contributed by atoms with Gasteiger partial charge >= 0.3 is 5.69 Å². The van der Waals surface area contributed by atoms with Crippen molar-refractivity contribution in [2.24, 2.45) is 0 Å². The van der Waals surface area contributed by atoms with Crippen molar-refractivity contribution in [2.75, 3.05) is 5.88 Å². The number of rotatable bonds is 5. The summed E-state index contributed by atoms with van der Waals surface area (Å²) in [6, 6.07) is 1.25. The molecule has 2 unspecified atom stereocenters. The van der Waals surface area contributed by atoms with Crippen LogP contribution in [-0.4, -0.2) is 32.2 Å². The number of nitro benzene ring substituents is 1. The molecule has 0 aromatic heterocycles. The average molecular weight is 280 g/mol. The highest BCUT2D eigenvalue weighted by molar-refractivity contribution is 6.17. The van der Waals surface area contributed by atoms with Crippen molar-refractivity contribution in [1.82, 2.24) is 0 Å². The topological polar surface area (TPSA) is 104 Å². The molecule has 18 heavy (non-hydrogen) atoms. The third-order valence-corrected chi connectivity index (χ3v) is 2.59. The van der Waals surface area contributed by atoms with Crippen molar-refractivity contribution in [3.63, 3.8) is 0 Å². The molecule has 0 saturated carbocycles. The molecule has 3 N–H and O–H groups in total. The fourth-order valence-corrected chi connectivity index (χ4v) is 1.67. The number of aliphatic hydroxyl groups excluding tert-OH is 2. The molecule has 1 aromatic rings. The molecule has 1 aromatic carbocycles. The quantitative estimate of drug-likeness (QED) is 0.430. The second-order valence-corrected chi connectivity index (χ2v) is 3.99. The Bertz CT molecular complexity index is 456. The van der Waals surface area contributed by atoms with E-state index < -0.39 is 39.9 Å². The third kappa shape index (κ3) is 3.06. The van der Waals surface area contributed by atoms with E-state index in [1.54, 1.807) is 0 Å². The predicted octanol–water partition coefficient (Wildman–Crippen LogP) is 1.46. The van der Waals surface area contributed by atoms with Crippen molar-refractivity contribution in [2.45, 2.75) is 18.6 Å². The average Bonchev–Trinajstić information content (AvgIpc) is 2.30. The molecule has 8 heteroatoms. The van der Waals surface area contributed by atoms with Crippen LogP contribution < -0.4 is 0 Å². The lowest BCUT2D eigenvalue weighted by atomic mass is 10.0. The molecular formula is C10H11ClFNO5. The summed E-state index contributed by atoms with van der Waals surface area (Å²) in [5.41, 5.74) is -1.32. The van der Waals surface area contributed by atoms with Crippen LogP contribution in [0.2, 0.25) is 0 Å². The summed E-state index contributed by atoms with van der Waals surface area (Å²) in [6.45, 7) is 0. The van der Waals surface area contributed by atoms with Crippen molar-refractivity contribution < 1.29 is 24.6 Å². The van der Waals surface area contributed by atoms with Gasteiger partial charge in [-0.05, 0) is 12.5 Å². The van der Waals surface area contributed by atoms with Crippen molar-refractivity contribution in [3.8, 4) is 5.75 Å². The van der Waals surface area contributed by atoms with E-state index >= 15 is 0 Å². The molecule has 0 saturated heterocycles. The molecule has 0 radical (unpaired) electrons. The standard InChI is InChI=1S/C10H11ClFNO5/c11-2-1-8(14)10(16)6-3-5(12)4-7(9(6)15)13(17)18/h3-4,8,10,14-16H,1-2H2. The maximum atomic E-state index is 13.1. The van der Waals surface area contributed by atoms with E-state index in [9.17, 15) is 29.8 Å². The lowest BCUT2D eigenvalue weighted by Gasteiger charge is -2.18. The summed E-state index contributed by atoms with van der Waals surface area (Å²) in [6.07, 6.45) is -3.01. The highest BCUT2D eigenvalue weighted by Crippen LogP contribution is 2.36. The molecule has 1 rings (SSSR count). The molecule has 0 spiro atoms. The number of phenols is 1. The fraction of sp³-hybridized carbons (Fsp3) is 0.400. The monoisotopic (exact) mass is 279 g/mol. The first-order valence-corrected chi connectivity index (χ1v) is 5.50. The van der Waals surface area contributed by atoms with Crippen LogP contribution >= 0.6 is 11.6 Å². The van der Waals surface area contributed by atoms with E-state index in [1.165, 1.54) is 0 Å². The van der Waals surface area contributed by atoms with Crippen molar-refractivity contribution >= 4 is 17.3 Å². The minimum atomic E-state index is -1.65. The molecule has 2 atom stereocenters. The summed E-state index contributed by atoms with van der Waals surface area (Å²) in [5, 5.41) is 39.3. The van der Waals surface area contributed by atoms with Gasteiger partial charge in [-0.2, -0.15) is 0 Å². The minimum Gasteiger partial charge on any atom is -0.502 e.